The van der Waals surface area contributed by atoms with E-state index in [1.54, 1.807) is 7.11 Å². The van der Waals surface area contributed by atoms with E-state index in [4.69, 9.17) is 4.74 Å². The lowest BCUT2D eigenvalue weighted by atomic mass is 9.96. The fourth-order valence-electron chi connectivity index (χ4n) is 2.76. The summed E-state index contributed by atoms with van der Waals surface area (Å²) in [5.41, 5.74) is 2.12. The second-order valence-corrected chi connectivity index (χ2v) is 5.50. The van der Waals surface area contributed by atoms with E-state index in [0.29, 0.717) is 6.04 Å². The summed E-state index contributed by atoms with van der Waals surface area (Å²) < 4.78 is 5.17. The second-order valence-electron chi connectivity index (χ2n) is 5.50. The van der Waals surface area contributed by atoms with Gasteiger partial charge in [0.1, 0.15) is 5.75 Å². The smallest absolute Gasteiger partial charge is 0.222 e. The molecule has 0 saturated heterocycles. The van der Waals surface area contributed by atoms with Crippen LogP contribution in [0.4, 0.5) is 5.95 Å². The van der Waals surface area contributed by atoms with Crippen molar-refractivity contribution in [3.05, 3.63) is 36.7 Å². The van der Waals surface area contributed by atoms with E-state index < -0.39 is 0 Å². The molecule has 1 fully saturated rings. The number of rotatable bonds is 4. The molecule has 0 radical (unpaired) electrons. The van der Waals surface area contributed by atoms with Crippen LogP contribution < -0.4 is 10.1 Å². The molecule has 1 aromatic carbocycles. The van der Waals surface area contributed by atoms with Crippen molar-refractivity contribution in [3.63, 3.8) is 0 Å². The molecule has 4 heteroatoms. The van der Waals surface area contributed by atoms with Gasteiger partial charge in [0.25, 0.3) is 0 Å². The van der Waals surface area contributed by atoms with Gasteiger partial charge in [-0.25, -0.2) is 9.97 Å². The standard InChI is InChI=1S/C17H21N3O/c1-21-16-9-7-13(8-10-16)14-11-18-17(19-12-14)20-15-5-3-2-4-6-15/h7-12,15H,2-6H2,1H3,(H,18,19,20). The maximum atomic E-state index is 5.17. The molecule has 0 spiro atoms. The monoisotopic (exact) mass is 283 g/mol. The van der Waals surface area contributed by atoms with E-state index in [0.717, 1.165) is 22.8 Å². The molecule has 1 N–H and O–H groups in total. The van der Waals surface area contributed by atoms with Crippen molar-refractivity contribution in [1.82, 2.24) is 9.97 Å². The zero-order valence-electron chi connectivity index (χ0n) is 12.4. The van der Waals surface area contributed by atoms with Gasteiger partial charge in [0.15, 0.2) is 0 Å². The summed E-state index contributed by atoms with van der Waals surface area (Å²) in [6, 6.07) is 8.47. The maximum absolute atomic E-state index is 5.17. The second kappa shape index (κ2) is 6.57. The van der Waals surface area contributed by atoms with Gasteiger partial charge < -0.3 is 10.1 Å². The highest BCUT2D eigenvalue weighted by Gasteiger charge is 2.13. The van der Waals surface area contributed by atoms with Crippen molar-refractivity contribution in [2.75, 3.05) is 12.4 Å². The Kier molecular flexibility index (Phi) is 4.34. The quantitative estimate of drug-likeness (QED) is 0.924. The van der Waals surface area contributed by atoms with Crippen LogP contribution in [0.1, 0.15) is 32.1 Å². The van der Waals surface area contributed by atoms with Crippen LogP contribution in [0.2, 0.25) is 0 Å². The zero-order chi connectivity index (χ0) is 14.5. The molecule has 1 saturated carbocycles. The van der Waals surface area contributed by atoms with E-state index in [9.17, 15) is 0 Å². The third kappa shape index (κ3) is 3.51. The molecule has 1 heterocycles. The number of benzene rings is 1. The van der Waals surface area contributed by atoms with E-state index in [-0.39, 0.29) is 0 Å². The predicted octanol–water partition coefficient (Wildman–Crippen LogP) is 3.90. The molecule has 110 valence electrons. The van der Waals surface area contributed by atoms with Gasteiger partial charge in [-0.15, -0.1) is 0 Å². The first kappa shape index (κ1) is 13.9. The topological polar surface area (TPSA) is 47.0 Å². The summed E-state index contributed by atoms with van der Waals surface area (Å²) in [4.78, 5) is 8.88. The Morgan fingerprint density at radius 1 is 0.952 bits per heavy atom. The molecule has 1 aliphatic rings. The first-order valence-corrected chi connectivity index (χ1v) is 7.58. The molecule has 0 atom stereocenters. The summed E-state index contributed by atoms with van der Waals surface area (Å²) in [6.45, 7) is 0. The van der Waals surface area contributed by atoms with Crippen molar-refractivity contribution < 1.29 is 4.74 Å². The molecule has 0 aliphatic heterocycles. The van der Waals surface area contributed by atoms with E-state index in [1.165, 1.54) is 32.1 Å². The first-order chi connectivity index (χ1) is 10.3. The molecular weight excluding hydrogens is 262 g/mol. The maximum Gasteiger partial charge on any atom is 0.222 e. The number of nitrogens with zero attached hydrogens (tertiary/aromatic N) is 2. The van der Waals surface area contributed by atoms with Gasteiger partial charge in [0.05, 0.1) is 7.11 Å². The van der Waals surface area contributed by atoms with Crippen molar-refractivity contribution in [1.29, 1.82) is 0 Å². The van der Waals surface area contributed by atoms with Crippen LogP contribution in [-0.4, -0.2) is 23.1 Å². The van der Waals surface area contributed by atoms with Crippen LogP contribution >= 0.6 is 0 Å². The molecule has 1 aliphatic carbocycles. The Balaban J connectivity index is 1.67. The molecule has 0 amide bonds. The fraction of sp³-hybridized carbons (Fsp3) is 0.412. The summed E-state index contributed by atoms with van der Waals surface area (Å²) in [6.07, 6.45) is 10.2. The van der Waals surface area contributed by atoms with Gasteiger partial charge in [0, 0.05) is 24.0 Å². The molecule has 0 bridgehead atoms. The number of hydrogen-bond acceptors (Lipinski definition) is 4. The molecule has 3 rings (SSSR count). The Morgan fingerprint density at radius 3 is 2.24 bits per heavy atom. The normalized spacial score (nSPS) is 15.7. The van der Waals surface area contributed by atoms with Crippen LogP contribution in [0.5, 0.6) is 5.75 Å². The molecule has 4 nitrogen and oxygen atoms in total. The Morgan fingerprint density at radius 2 is 1.62 bits per heavy atom. The van der Waals surface area contributed by atoms with Crippen LogP contribution in [0.25, 0.3) is 11.1 Å². The molecule has 1 aromatic heterocycles. The summed E-state index contributed by atoms with van der Waals surface area (Å²) in [5, 5.41) is 3.44. The molecular formula is C17H21N3O. The lowest BCUT2D eigenvalue weighted by molar-refractivity contribution is 0.415. The minimum Gasteiger partial charge on any atom is -0.497 e. The number of hydrogen-bond donors (Lipinski definition) is 1. The molecule has 21 heavy (non-hydrogen) atoms. The van der Waals surface area contributed by atoms with E-state index in [2.05, 4.69) is 15.3 Å². The molecule has 0 unspecified atom stereocenters. The van der Waals surface area contributed by atoms with Crippen LogP contribution in [0, 0.1) is 0 Å². The number of methoxy groups -OCH3 is 1. The number of ether oxygens (including phenoxy) is 1. The Labute approximate surface area is 125 Å². The number of nitrogens with one attached hydrogen (secondary N) is 1. The van der Waals surface area contributed by atoms with Crippen molar-refractivity contribution >= 4 is 5.95 Å². The molecule has 2 aromatic rings. The number of aromatic nitrogens is 2. The van der Waals surface area contributed by atoms with Crippen molar-refractivity contribution in [2.45, 2.75) is 38.1 Å². The van der Waals surface area contributed by atoms with Crippen LogP contribution in [0.15, 0.2) is 36.7 Å². The third-order valence-corrected chi connectivity index (χ3v) is 4.01. The average Bonchev–Trinajstić information content (AvgIpc) is 2.57. The first-order valence-electron chi connectivity index (χ1n) is 7.58. The van der Waals surface area contributed by atoms with Crippen molar-refractivity contribution in [3.8, 4) is 16.9 Å². The highest BCUT2D eigenvalue weighted by molar-refractivity contribution is 5.62. The van der Waals surface area contributed by atoms with Crippen molar-refractivity contribution in [2.24, 2.45) is 0 Å². The van der Waals surface area contributed by atoms with Gasteiger partial charge in [-0.3, -0.25) is 0 Å². The van der Waals surface area contributed by atoms with Gasteiger partial charge in [-0.1, -0.05) is 31.4 Å². The van der Waals surface area contributed by atoms with Crippen LogP contribution in [0.3, 0.4) is 0 Å². The minimum absolute atomic E-state index is 0.533. The Hall–Kier alpha value is -2.10. The summed E-state index contributed by atoms with van der Waals surface area (Å²) in [7, 11) is 1.67. The predicted molar refractivity (Wildman–Crippen MR) is 84.5 cm³/mol. The van der Waals surface area contributed by atoms with Crippen LogP contribution in [-0.2, 0) is 0 Å². The van der Waals surface area contributed by atoms with Gasteiger partial charge in [0.2, 0.25) is 5.95 Å². The minimum atomic E-state index is 0.533. The highest BCUT2D eigenvalue weighted by Crippen LogP contribution is 2.23. The summed E-state index contributed by atoms with van der Waals surface area (Å²) >= 11 is 0. The lowest BCUT2D eigenvalue weighted by Crippen LogP contribution is -2.23. The Bertz CT molecular complexity index is 560. The average molecular weight is 283 g/mol. The summed E-state index contributed by atoms with van der Waals surface area (Å²) in [5.74, 6) is 1.59. The SMILES string of the molecule is COc1ccc(-c2cnc(NC3CCCCC3)nc2)cc1. The van der Waals surface area contributed by atoms with Gasteiger partial charge >= 0.3 is 0 Å². The highest BCUT2D eigenvalue weighted by atomic mass is 16.5. The van der Waals surface area contributed by atoms with E-state index >= 15 is 0 Å². The van der Waals surface area contributed by atoms with Gasteiger partial charge in [-0.2, -0.15) is 0 Å². The van der Waals surface area contributed by atoms with E-state index in [1.807, 2.05) is 36.7 Å². The fourth-order valence-corrected chi connectivity index (χ4v) is 2.76. The third-order valence-electron chi connectivity index (χ3n) is 4.01. The lowest BCUT2D eigenvalue weighted by Gasteiger charge is -2.22. The zero-order valence-corrected chi connectivity index (χ0v) is 12.4. The largest absolute Gasteiger partial charge is 0.497 e. The van der Waals surface area contributed by atoms with Gasteiger partial charge in [-0.05, 0) is 30.5 Å². The number of anilines is 1.